The Balaban J connectivity index is 2.66. The predicted octanol–water partition coefficient (Wildman–Crippen LogP) is 2.47. The Kier molecular flexibility index (Phi) is 5.61. The van der Waals surface area contributed by atoms with Gasteiger partial charge in [0.25, 0.3) is 0 Å². The quantitative estimate of drug-likeness (QED) is 0.756. The molecule has 1 atom stereocenters. The summed E-state index contributed by atoms with van der Waals surface area (Å²) in [5.74, 6) is -0.399. The van der Waals surface area contributed by atoms with Crippen molar-refractivity contribution in [2.45, 2.75) is 13.0 Å². The minimum absolute atomic E-state index is 0.399. The van der Waals surface area contributed by atoms with Crippen LogP contribution in [0.4, 0.5) is 10.5 Å². The molecule has 0 aromatic heterocycles. The third kappa shape index (κ3) is 4.30. The van der Waals surface area contributed by atoms with E-state index in [2.05, 4.69) is 47.8 Å². The number of amides is 3. The van der Waals surface area contributed by atoms with Crippen molar-refractivity contribution < 1.29 is 9.59 Å². The van der Waals surface area contributed by atoms with E-state index in [1.807, 2.05) is 18.2 Å². The maximum absolute atomic E-state index is 11.6. The molecule has 5 nitrogen and oxygen atoms in total. The van der Waals surface area contributed by atoms with Gasteiger partial charge in [-0.25, -0.2) is 4.79 Å². The number of halogens is 2. The highest BCUT2D eigenvalue weighted by atomic mass is 79.9. The normalized spacial score (nSPS) is 11.6. The molecule has 0 heterocycles. The number of anilines is 1. The van der Waals surface area contributed by atoms with E-state index in [0.717, 1.165) is 14.6 Å². The Bertz CT molecular complexity index is 466. The summed E-state index contributed by atoms with van der Waals surface area (Å²) >= 11 is 6.73. The average molecular weight is 379 g/mol. The molecule has 7 heteroatoms. The number of imide groups is 1. The SMILES string of the molecule is CNC(=O)NC(=O)C(C)Nc1ccc(Br)cc1Br. The van der Waals surface area contributed by atoms with Crippen molar-refractivity contribution in [3.05, 3.63) is 27.1 Å². The summed E-state index contributed by atoms with van der Waals surface area (Å²) in [6.45, 7) is 1.67. The number of nitrogens with one attached hydrogen (secondary N) is 3. The molecule has 1 unspecified atom stereocenters. The molecule has 0 bridgehead atoms. The van der Waals surface area contributed by atoms with Gasteiger partial charge in [-0.1, -0.05) is 15.9 Å². The summed E-state index contributed by atoms with van der Waals surface area (Å²) in [4.78, 5) is 22.6. The lowest BCUT2D eigenvalue weighted by atomic mass is 10.2. The molecule has 1 aromatic rings. The van der Waals surface area contributed by atoms with E-state index >= 15 is 0 Å². The first-order valence-electron chi connectivity index (χ1n) is 5.18. The van der Waals surface area contributed by atoms with Crippen molar-refractivity contribution in [1.29, 1.82) is 0 Å². The van der Waals surface area contributed by atoms with E-state index in [1.165, 1.54) is 7.05 Å². The topological polar surface area (TPSA) is 70.2 Å². The molecule has 0 spiro atoms. The first-order valence-corrected chi connectivity index (χ1v) is 6.76. The molecule has 0 fully saturated rings. The van der Waals surface area contributed by atoms with Gasteiger partial charge < -0.3 is 10.6 Å². The first kappa shape index (κ1) is 15.0. The van der Waals surface area contributed by atoms with Gasteiger partial charge in [-0.15, -0.1) is 0 Å². The number of benzene rings is 1. The van der Waals surface area contributed by atoms with Crippen molar-refractivity contribution in [2.24, 2.45) is 0 Å². The van der Waals surface area contributed by atoms with Gasteiger partial charge in [0.1, 0.15) is 6.04 Å². The minimum Gasteiger partial charge on any atom is -0.373 e. The zero-order valence-corrected chi connectivity index (χ0v) is 13.1. The smallest absolute Gasteiger partial charge is 0.321 e. The van der Waals surface area contributed by atoms with Crippen LogP contribution in [-0.4, -0.2) is 25.0 Å². The van der Waals surface area contributed by atoms with Gasteiger partial charge in [-0.2, -0.15) is 0 Å². The summed E-state index contributed by atoms with van der Waals surface area (Å²) in [7, 11) is 1.45. The molecular formula is C11H13Br2N3O2. The van der Waals surface area contributed by atoms with Crippen LogP contribution in [0.5, 0.6) is 0 Å². The van der Waals surface area contributed by atoms with E-state index < -0.39 is 18.0 Å². The van der Waals surface area contributed by atoms with E-state index in [0.29, 0.717) is 0 Å². The Morgan fingerprint density at radius 1 is 1.28 bits per heavy atom. The Hall–Kier alpha value is -1.08. The van der Waals surface area contributed by atoms with Crippen LogP contribution in [-0.2, 0) is 4.79 Å². The number of hydrogen-bond acceptors (Lipinski definition) is 3. The highest BCUT2D eigenvalue weighted by molar-refractivity contribution is 9.11. The molecule has 0 aliphatic rings. The van der Waals surface area contributed by atoms with Crippen LogP contribution in [0.15, 0.2) is 27.1 Å². The standard InChI is InChI=1S/C11H13Br2N3O2/c1-6(10(17)16-11(18)14-2)15-9-4-3-7(12)5-8(9)13/h3-6,15H,1-2H3,(H2,14,16,17,18). The van der Waals surface area contributed by atoms with Crippen LogP contribution in [0.3, 0.4) is 0 Å². The minimum atomic E-state index is -0.528. The summed E-state index contributed by atoms with van der Waals surface area (Å²) in [6, 6.07) is 4.50. The van der Waals surface area contributed by atoms with E-state index in [4.69, 9.17) is 0 Å². The van der Waals surface area contributed by atoms with Gasteiger partial charge >= 0.3 is 6.03 Å². The molecule has 0 saturated carbocycles. The first-order chi connectivity index (χ1) is 8.43. The summed E-state index contributed by atoms with van der Waals surface area (Å²) in [5, 5.41) is 7.53. The number of carbonyl (C=O) groups excluding carboxylic acids is 2. The third-order valence-corrected chi connectivity index (χ3v) is 3.31. The summed E-state index contributed by atoms with van der Waals surface area (Å²) in [5.41, 5.74) is 0.776. The Labute approximate surface area is 122 Å². The summed E-state index contributed by atoms with van der Waals surface area (Å²) in [6.07, 6.45) is 0. The largest absolute Gasteiger partial charge is 0.373 e. The van der Waals surface area contributed by atoms with Crippen molar-refractivity contribution in [3.8, 4) is 0 Å². The monoisotopic (exact) mass is 377 g/mol. The Morgan fingerprint density at radius 3 is 2.50 bits per heavy atom. The van der Waals surface area contributed by atoms with Gasteiger partial charge in [0, 0.05) is 21.7 Å². The second-order valence-corrected chi connectivity index (χ2v) is 5.33. The molecule has 1 rings (SSSR count). The molecule has 0 aliphatic heterocycles. The second kappa shape index (κ2) is 6.75. The number of carbonyl (C=O) groups is 2. The van der Waals surface area contributed by atoms with Crippen LogP contribution >= 0.6 is 31.9 Å². The van der Waals surface area contributed by atoms with E-state index in [1.54, 1.807) is 6.92 Å². The number of urea groups is 1. The van der Waals surface area contributed by atoms with Crippen molar-refractivity contribution in [1.82, 2.24) is 10.6 Å². The number of rotatable bonds is 3. The maximum Gasteiger partial charge on any atom is 0.321 e. The predicted molar refractivity (Wildman–Crippen MR) is 77.5 cm³/mol. The van der Waals surface area contributed by atoms with Crippen molar-refractivity contribution >= 4 is 49.5 Å². The van der Waals surface area contributed by atoms with Crippen molar-refractivity contribution in [2.75, 3.05) is 12.4 Å². The lowest BCUT2D eigenvalue weighted by molar-refractivity contribution is -0.120. The number of hydrogen-bond donors (Lipinski definition) is 3. The van der Waals surface area contributed by atoms with E-state index in [-0.39, 0.29) is 0 Å². The molecule has 0 saturated heterocycles. The lowest BCUT2D eigenvalue weighted by Crippen LogP contribution is -2.44. The van der Waals surface area contributed by atoms with Crippen LogP contribution in [0.2, 0.25) is 0 Å². The fraction of sp³-hybridized carbons (Fsp3) is 0.273. The molecular weight excluding hydrogens is 366 g/mol. The zero-order chi connectivity index (χ0) is 13.7. The van der Waals surface area contributed by atoms with Crippen LogP contribution < -0.4 is 16.0 Å². The molecule has 3 amide bonds. The molecule has 98 valence electrons. The van der Waals surface area contributed by atoms with Gasteiger partial charge in [-0.05, 0) is 41.1 Å². The highest BCUT2D eigenvalue weighted by Crippen LogP contribution is 2.26. The van der Waals surface area contributed by atoms with E-state index in [9.17, 15) is 9.59 Å². The van der Waals surface area contributed by atoms with Crippen LogP contribution in [0.25, 0.3) is 0 Å². The van der Waals surface area contributed by atoms with Gasteiger partial charge in [0.05, 0.1) is 0 Å². The van der Waals surface area contributed by atoms with Gasteiger partial charge in [0.2, 0.25) is 5.91 Å². The molecule has 0 radical (unpaired) electrons. The van der Waals surface area contributed by atoms with Crippen LogP contribution in [0.1, 0.15) is 6.92 Å². The fourth-order valence-corrected chi connectivity index (χ4v) is 2.35. The molecule has 3 N–H and O–H groups in total. The molecule has 1 aromatic carbocycles. The Morgan fingerprint density at radius 2 is 1.94 bits per heavy atom. The second-order valence-electron chi connectivity index (χ2n) is 3.56. The van der Waals surface area contributed by atoms with Gasteiger partial charge in [0.15, 0.2) is 0 Å². The fourth-order valence-electron chi connectivity index (χ4n) is 1.19. The van der Waals surface area contributed by atoms with Gasteiger partial charge in [-0.3, -0.25) is 10.1 Å². The molecule has 18 heavy (non-hydrogen) atoms. The lowest BCUT2D eigenvalue weighted by Gasteiger charge is -2.15. The maximum atomic E-state index is 11.6. The zero-order valence-electron chi connectivity index (χ0n) is 9.88. The van der Waals surface area contributed by atoms with Crippen molar-refractivity contribution in [3.63, 3.8) is 0 Å². The molecule has 0 aliphatic carbocycles. The highest BCUT2D eigenvalue weighted by Gasteiger charge is 2.15. The average Bonchev–Trinajstić information content (AvgIpc) is 2.32. The summed E-state index contributed by atoms with van der Waals surface area (Å²) < 4.78 is 1.76. The third-order valence-electron chi connectivity index (χ3n) is 2.16. The van der Waals surface area contributed by atoms with Crippen LogP contribution in [0, 0.1) is 0 Å².